The second-order valence-electron chi connectivity index (χ2n) is 9.93. The minimum atomic E-state index is -0.666. The molecule has 2 aromatic rings. The molecule has 0 aromatic heterocycles. The van der Waals surface area contributed by atoms with Crippen molar-refractivity contribution in [1.29, 1.82) is 5.41 Å². The van der Waals surface area contributed by atoms with Gasteiger partial charge in [0.15, 0.2) is 5.78 Å². The van der Waals surface area contributed by atoms with Crippen LogP contribution >= 0.6 is 0 Å². The molecule has 0 amide bonds. The fourth-order valence-corrected chi connectivity index (χ4v) is 3.77. The van der Waals surface area contributed by atoms with E-state index >= 15 is 0 Å². The van der Waals surface area contributed by atoms with Crippen molar-refractivity contribution < 1.29 is 18.7 Å². The van der Waals surface area contributed by atoms with Gasteiger partial charge in [-0.05, 0) is 35.1 Å². The fraction of sp³-hybridized carbons (Fsp3) is 0.417. The Labute approximate surface area is 176 Å². The van der Waals surface area contributed by atoms with Gasteiger partial charge in [-0.1, -0.05) is 41.5 Å². The van der Waals surface area contributed by atoms with E-state index in [0.717, 1.165) is 12.1 Å². The summed E-state index contributed by atoms with van der Waals surface area (Å²) in [6.07, 6.45) is 0. The lowest BCUT2D eigenvalue weighted by Crippen LogP contribution is -2.31. The number of amidine groups is 1. The highest BCUT2D eigenvalue weighted by Gasteiger charge is 2.32. The summed E-state index contributed by atoms with van der Waals surface area (Å²) in [4.78, 5) is 14.5. The Morgan fingerprint density at radius 2 is 1.53 bits per heavy atom. The Morgan fingerprint density at radius 1 is 1.03 bits per heavy atom. The van der Waals surface area contributed by atoms with Gasteiger partial charge in [0.1, 0.15) is 23.2 Å². The molecule has 0 radical (unpaired) electrons. The molecule has 4 nitrogen and oxygen atoms in total. The van der Waals surface area contributed by atoms with Crippen molar-refractivity contribution in [3.05, 3.63) is 63.7 Å². The zero-order valence-electron chi connectivity index (χ0n) is 18.3. The number of phenols is 1. The maximum Gasteiger partial charge on any atom is 0.182 e. The van der Waals surface area contributed by atoms with Crippen LogP contribution in [-0.4, -0.2) is 28.2 Å². The number of hydrogen-bond donors (Lipinski definition) is 2. The van der Waals surface area contributed by atoms with Gasteiger partial charge in [-0.25, -0.2) is 8.78 Å². The maximum absolute atomic E-state index is 14.1. The van der Waals surface area contributed by atoms with E-state index in [1.807, 2.05) is 41.5 Å². The summed E-state index contributed by atoms with van der Waals surface area (Å²) >= 11 is 0. The fourth-order valence-electron chi connectivity index (χ4n) is 3.77. The van der Waals surface area contributed by atoms with Crippen LogP contribution in [0.4, 0.5) is 8.78 Å². The first-order valence-electron chi connectivity index (χ1n) is 9.93. The second-order valence-corrected chi connectivity index (χ2v) is 9.93. The number of phenolic OH excluding ortho intramolecular Hbond substituents is 1. The minimum Gasteiger partial charge on any atom is -0.507 e. The molecule has 2 N–H and O–H groups in total. The maximum atomic E-state index is 14.1. The van der Waals surface area contributed by atoms with Crippen LogP contribution in [0.25, 0.3) is 0 Å². The summed E-state index contributed by atoms with van der Waals surface area (Å²) in [7, 11) is 0. The smallest absolute Gasteiger partial charge is 0.182 e. The molecule has 1 heterocycles. The van der Waals surface area contributed by atoms with Gasteiger partial charge in [-0.15, -0.1) is 0 Å². The van der Waals surface area contributed by atoms with E-state index in [9.17, 15) is 18.7 Å². The summed E-state index contributed by atoms with van der Waals surface area (Å²) < 4.78 is 28.2. The molecular weight excluding hydrogens is 386 g/mol. The number of rotatable bonds is 3. The number of fused-ring (bicyclic) bond motifs is 1. The number of Topliss-reactive ketones (excluding diaryl/α,β-unsaturated/α-hetero) is 1. The molecule has 0 saturated carbocycles. The van der Waals surface area contributed by atoms with Crippen molar-refractivity contribution in [2.75, 3.05) is 6.54 Å². The molecule has 160 valence electrons. The number of halogens is 2. The van der Waals surface area contributed by atoms with Crippen molar-refractivity contribution in [2.45, 2.75) is 58.9 Å². The Bertz CT molecular complexity index is 1010. The number of nitrogens with zero attached hydrogens (tertiary/aromatic N) is 1. The molecule has 0 unspecified atom stereocenters. The second kappa shape index (κ2) is 7.18. The van der Waals surface area contributed by atoms with Gasteiger partial charge >= 0.3 is 0 Å². The molecule has 0 spiro atoms. The largest absolute Gasteiger partial charge is 0.507 e. The number of hydrogen-bond acceptors (Lipinski definition) is 3. The normalized spacial score (nSPS) is 14.3. The Morgan fingerprint density at radius 3 is 2.00 bits per heavy atom. The highest BCUT2D eigenvalue weighted by Crippen LogP contribution is 2.40. The first-order valence-corrected chi connectivity index (χ1v) is 9.93. The number of benzene rings is 2. The molecule has 1 aliphatic heterocycles. The third kappa shape index (κ3) is 3.83. The van der Waals surface area contributed by atoms with Crippen molar-refractivity contribution in [3.8, 4) is 5.75 Å². The first-order chi connectivity index (χ1) is 13.7. The third-order valence-corrected chi connectivity index (χ3v) is 5.49. The highest BCUT2D eigenvalue weighted by molar-refractivity contribution is 6.05. The number of carbonyl (C=O) groups excluding carboxylic acids is 1. The van der Waals surface area contributed by atoms with Gasteiger partial charge in [0, 0.05) is 28.8 Å². The van der Waals surface area contributed by atoms with Gasteiger partial charge < -0.3 is 10.0 Å². The lowest BCUT2D eigenvalue weighted by atomic mass is 9.78. The monoisotopic (exact) mass is 414 g/mol. The van der Waals surface area contributed by atoms with Crippen LogP contribution in [-0.2, 0) is 17.4 Å². The van der Waals surface area contributed by atoms with Crippen LogP contribution < -0.4 is 0 Å². The molecule has 2 aromatic carbocycles. The average molecular weight is 414 g/mol. The summed E-state index contributed by atoms with van der Waals surface area (Å²) in [6.45, 7) is 11.6. The Hall–Kier alpha value is -2.76. The van der Waals surface area contributed by atoms with E-state index in [1.165, 1.54) is 4.90 Å². The molecule has 6 heteroatoms. The summed E-state index contributed by atoms with van der Waals surface area (Å²) in [5, 5.41) is 19.1. The molecular formula is C24H28F2N2O2. The van der Waals surface area contributed by atoms with Crippen LogP contribution in [0.15, 0.2) is 24.3 Å². The molecule has 0 saturated heterocycles. The van der Waals surface area contributed by atoms with Crippen LogP contribution in [0.5, 0.6) is 5.75 Å². The third-order valence-electron chi connectivity index (χ3n) is 5.49. The van der Waals surface area contributed by atoms with Gasteiger partial charge in [0.2, 0.25) is 0 Å². The quantitative estimate of drug-likeness (QED) is 0.671. The molecule has 0 atom stereocenters. The lowest BCUT2D eigenvalue weighted by molar-refractivity contribution is 0.0962. The van der Waals surface area contributed by atoms with Crippen molar-refractivity contribution in [1.82, 2.24) is 4.90 Å². The highest BCUT2D eigenvalue weighted by atomic mass is 19.1. The predicted molar refractivity (Wildman–Crippen MR) is 113 cm³/mol. The predicted octanol–water partition coefficient (Wildman–Crippen LogP) is 5.29. The van der Waals surface area contributed by atoms with Crippen LogP contribution in [0.2, 0.25) is 0 Å². The van der Waals surface area contributed by atoms with E-state index in [-0.39, 0.29) is 52.4 Å². The number of nitrogens with one attached hydrogen (secondary N) is 1. The van der Waals surface area contributed by atoms with Crippen LogP contribution in [0.3, 0.4) is 0 Å². The molecule has 30 heavy (non-hydrogen) atoms. The Balaban J connectivity index is 1.98. The first kappa shape index (κ1) is 21.9. The van der Waals surface area contributed by atoms with Gasteiger partial charge in [0.25, 0.3) is 0 Å². The zero-order chi connectivity index (χ0) is 22.6. The minimum absolute atomic E-state index is 0.0279. The van der Waals surface area contributed by atoms with Crippen molar-refractivity contribution in [3.63, 3.8) is 0 Å². The van der Waals surface area contributed by atoms with Gasteiger partial charge in [-0.3, -0.25) is 10.2 Å². The van der Waals surface area contributed by atoms with E-state index in [2.05, 4.69) is 0 Å². The van der Waals surface area contributed by atoms with E-state index in [1.54, 1.807) is 12.1 Å². The number of carbonyl (C=O) groups is 1. The summed E-state index contributed by atoms with van der Waals surface area (Å²) in [5.74, 6) is -1.54. The average Bonchev–Trinajstić information content (AvgIpc) is 2.94. The lowest BCUT2D eigenvalue weighted by Gasteiger charge is -2.28. The molecule has 0 aliphatic carbocycles. The molecule has 0 fully saturated rings. The molecule has 3 rings (SSSR count). The Kier molecular flexibility index (Phi) is 5.25. The standard InChI is InChI=1S/C24H28F2N2O2/c1-23(2,3)15-9-13(10-16(21(15)30)24(4,5)6)19(29)12-28-11-14-17(25)7-8-18(26)20(14)22(28)27/h7-10,27,30H,11-12H2,1-6H3. The van der Waals surface area contributed by atoms with Crippen molar-refractivity contribution >= 4 is 11.6 Å². The van der Waals surface area contributed by atoms with E-state index < -0.39 is 11.6 Å². The molecule has 1 aliphatic rings. The van der Waals surface area contributed by atoms with Crippen molar-refractivity contribution in [2.24, 2.45) is 0 Å². The van der Waals surface area contributed by atoms with E-state index in [0.29, 0.717) is 16.7 Å². The molecule has 0 bridgehead atoms. The number of aromatic hydroxyl groups is 1. The summed E-state index contributed by atoms with van der Waals surface area (Å²) in [5.41, 5.74) is 0.980. The summed E-state index contributed by atoms with van der Waals surface area (Å²) in [6, 6.07) is 5.40. The topological polar surface area (TPSA) is 64.4 Å². The zero-order valence-corrected chi connectivity index (χ0v) is 18.3. The number of ketones is 1. The SMILES string of the molecule is CC(C)(C)c1cc(C(=O)CN2Cc3c(F)ccc(F)c3C2=N)cc(C(C)(C)C)c1O. The van der Waals surface area contributed by atoms with Crippen LogP contribution in [0.1, 0.15) is 74.2 Å². The van der Waals surface area contributed by atoms with Gasteiger partial charge in [-0.2, -0.15) is 0 Å². The van der Waals surface area contributed by atoms with Crippen LogP contribution in [0, 0.1) is 17.0 Å². The van der Waals surface area contributed by atoms with Gasteiger partial charge in [0.05, 0.1) is 12.1 Å². The van der Waals surface area contributed by atoms with E-state index in [4.69, 9.17) is 5.41 Å².